The van der Waals surface area contributed by atoms with Gasteiger partial charge in [0.05, 0.1) is 4.90 Å². The van der Waals surface area contributed by atoms with Gasteiger partial charge in [-0.25, -0.2) is 8.42 Å². The van der Waals surface area contributed by atoms with Crippen LogP contribution in [0.3, 0.4) is 0 Å². The number of amides is 1. The highest BCUT2D eigenvalue weighted by Crippen LogP contribution is 2.24. The van der Waals surface area contributed by atoms with E-state index in [9.17, 15) is 22.0 Å². The van der Waals surface area contributed by atoms with Gasteiger partial charge in [0.1, 0.15) is 0 Å². The molecule has 7 heteroatoms. The summed E-state index contributed by atoms with van der Waals surface area (Å²) in [6.45, 7) is 0.323. The molecule has 0 unspecified atom stereocenters. The number of nitrogens with one attached hydrogen (secondary N) is 1. The van der Waals surface area contributed by atoms with Crippen LogP contribution in [0.4, 0.5) is 8.78 Å². The van der Waals surface area contributed by atoms with Crippen LogP contribution < -0.4 is 5.32 Å². The van der Waals surface area contributed by atoms with E-state index in [0.717, 1.165) is 23.3 Å². The average Bonchev–Trinajstić information content (AvgIpc) is 2.75. The number of carbonyl (C=O) groups excluding carboxylic acids is 1. The molecule has 0 aliphatic heterocycles. The van der Waals surface area contributed by atoms with Crippen LogP contribution in [0.5, 0.6) is 0 Å². The Bertz CT molecular complexity index is 1010. The van der Waals surface area contributed by atoms with Crippen molar-refractivity contribution in [3.63, 3.8) is 0 Å². The van der Waals surface area contributed by atoms with Crippen LogP contribution >= 0.6 is 0 Å². The smallest absolute Gasteiger partial charge is 0.341 e. The molecular formula is C22H19F2NO3S. The van der Waals surface area contributed by atoms with Gasteiger partial charge >= 0.3 is 5.76 Å². The van der Waals surface area contributed by atoms with Crippen molar-refractivity contribution in [3.8, 4) is 0 Å². The highest BCUT2D eigenvalue weighted by molar-refractivity contribution is 7.91. The standard InChI is InChI=1S/C22H19F2NO3S/c23-22(24)29(27,28)19-13-11-18(12-14-19)21(26)25-15-20(16-7-3-1-4-8-16)17-9-5-2-6-10-17/h1-14,20,22H,15H2,(H,25,26). The number of benzene rings is 3. The number of rotatable bonds is 7. The lowest BCUT2D eigenvalue weighted by Gasteiger charge is -2.19. The number of hydrogen-bond acceptors (Lipinski definition) is 3. The molecule has 0 saturated carbocycles. The number of hydrogen-bond donors (Lipinski definition) is 1. The van der Waals surface area contributed by atoms with Crippen LogP contribution in [0, 0.1) is 0 Å². The number of halogens is 2. The predicted octanol–water partition coefficient (Wildman–Crippen LogP) is 4.24. The Balaban J connectivity index is 1.76. The van der Waals surface area contributed by atoms with Crippen LogP contribution in [0.2, 0.25) is 0 Å². The number of carbonyl (C=O) groups is 1. The average molecular weight is 415 g/mol. The molecule has 0 aliphatic carbocycles. The fourth-order valence-electron chi connectivity index (χ4n) is 2.99. The molecule has 4 nitrogen and oxygen atoms in total. The van der Waals surface area contributed by atoms with Gasteiger partial charge in [-0.1, -0.05) is 60.7 Å². The zero-order chi connectivity index (χ0) is 20.9. The van der Waals surface area contributed by atoms with E-state index in [1.54, 1.807) is 0 Å². The summed E-state index contributed by atoms with van der Waals surface area (Å²) in [5.74, 6) is -3.98. The van der Waals surface area contributed by atoms with Gasteiger partial charge in [0.15, 0.2) is 0 Å². The molecule has 0 atom stereocenters. The molecule has 0 spiro atoms. The van der Waals surface area contributed by atoms with Crippen LogP contribution in [0.25, 0.3) is 0 Å². The Morgan fingerprint density at radius 1 is 0.793 bits per heavy atom. The molecular weight excluding hydrogens is 396 g/mol. The van der Waals surface area contributed by atoms with E-state index in [0.29, 0.717) is 6.54 Å². The second kappa shape index (κ2) is 8.96. The van der Waals surface area contributed by atoms with E-state index in [4.69, 9.17) is 0 Å². The van der Waals surface area contributed by atoms with Crippen LogP contribution in [-0.4, -0.2) is 26.6 Å². The molecule has 0 heterocycles. The Morgan fingerprint density at radius 2 is 1.28 bits per heavy atom. The summed E-state index contributed by atoms with van der Waals surface area (Å²) < 4.78 is 48.2. The molecule has 0 aromatic heterocycles. The van der Waals surface area contributed by atoms with E-state index in [2.05, 4.69) is 5.32 Å². The van der Waals surface area contributed by atoms with Gasteiger partial charge in [-0.15, -0.1) is 0 Å². The first-order valence-corrected chi connectivity index (χ1v) is 10.4. The molecule has 3 aromatic carbocycles. The Morgan fingerprint density at radius 3 is 1.72 bits per heavy atom. The van der Waals surface area contributed by atoms with Crippen molar-refractivity contribution in [1.82, 2.24) is 5.32 Å². The van der Waals surface area contributed by atoms with Crippen molar-refractivity contribution >= 4 is 15.7 Å². The van der Waals surface area contributed by atoms with Crippen molar-refractivity contribution < 1.29 is 22.0 Å². The summed E-state index contributed by atoms with van der Waals surface area (Å²) in [4.78, 5) is 12.0. The van der Waals surface area contributed by atoms with E-state index in [1.165, 1.54) is 12.1 Å². The van der Waals surface area contributed by atoms with Crippen LogP contribution in [0.15, 0.2) is 89.8 Å². The lowest BCUT2D eigenvalue weighted by atomic mass is 9.91. The van der Waals surface area contributed by atoms with Gasteiger partial charge in [-0.3, -0.25) is 4.79 Å². The van der Waals surface area contributed by atoms with Gasteiger partial charge in [0.25, 0.3) is 5.91 Å². The second-order valence-electron chi connectivity index (χ2n) is 6.41. The maximum atomic E-state index is 12.6. The quantitative estimate of drug-likeness (QED) is 0.628. The summed E-state index contributed by atoms with van der Waals surface area (Å²) in [6, 6.07) is 23.9. The predicted molar refractivity (Wildman–Crippen MR) is 107 cm³/mol. The minimum atomic E-state index is -4.68. The van der Waals surface area contributed by atoms with E-state index >= 15 is 0 Å². The van der Waals surface area contributed by atoms with Crippen LogP contribution in [-0.2, 0) is 9.84 Å². The highest BCUT2D eigenvalue weighted by atomic mass is 32.2. The van der Waals surface area contributed by atoms with E-state index in [1.807, 2.05) is 60.7 Å². The van der Waals surface area contributed by atoms with Gasteiger partial charge in [-0.2, -0.15) is 8.78 Å². The molecule has 3 aromatic rings. The largest absolute Gasteiger partial charge is 0.351 e. The molecule has 0 saturated heterocycles. The third-order valence-electron chi connectivity index (χ3n) is 4.55. The lowest BCUT2D eigenvalue weighted by molar-refractivity contribution is 0.0952. The minimum absolute atomic E-state index is 0.0696. The summed E-state index contributed by atoms with van der Waals surface area (Å²) in [6.07, 6.45) is 0. The first-order valence-electron chi connectivity index (χ1n) is 8.90. The van der Waals surface area contributed by atoms with Crippen LogP contribution in [0.1, 0.15) is 27.4 Å². The van der Waals surface area contributed by atoms with Crippen molar-refractivity contribution in [3.05, 3.63) is 102 Å². The normalized spacial score (nSPS) is 11.6. The van der Waals surface area contributed by atoms with Crippen molar-refractivity contribution in [1.29, 1.82) is 0 Å². The van der Waals surface area contributed by atoms with Gasteiger partial charge in [0.2, 0.25) is 9.84 Å². The third kappa shape index (κ3) is 4.86. The minimum Gasteiger partial charge on any atom is -0.351 e. The number of sulfone groups is 1. The summed E-state index contributed by atoms with van der Waals surface area (Å²) in [7, 11) is -4.68. The van der Waals surface area contributed by atoms with E-state index < -0.39 is 26.4 Å². The fraction of sp³-hybridized carbons (Fsp3) is 0.136. The van der Waals surface area contributed by atoms with Gasteiger partial charge in [-0.05, 0) is 35.4 Å². The first kappa shape index (κ1) is 20.7. The van der Waals surface area contributed by atoms with Crippen molar-refractivity contribution in [2.24, 2.45) is 0 Å². The Labute approximate surface area is 168 Å². The zero-order valence-corrected chi connectivity index (χ0v) is 16.2. The molecule has 0 fully saturated rings. The Kier molecular flexibility index (Phi) is 6.39. The fourth-order valence-corrected chi connectivity index (χ4v) is 3.72. The van der Waals surface area contributed by atoms with Gasteiger partial charge in [0, 0.05) is 18.0 Å². The summed E-state index contributed by atoms with van der Waals surface area (Å²) in [5.41, 5.74) is 2.27. The molecule has 150 valence electrons. The molecule has 3 rings (SSSR count). The topological polar surface area (TPSA) is 63.2 Å². The molecule has 0 radical (unpaired) electrons. The summed E-state index contributed by atoms with van der Waals surface area (Å²) in [5, 5.41) is 2.84. The highest BCUT2D eigenvalue weighted by Gasteiger charge is 2.26. The summed E-state index contributed by atoms with van der Waals surface area (Å²) >= 11 is 0. The van der Waals surface area contributed by atoms with Crippen molar-refractivity contribution in [2.45, 2.75) is 16.6 Å². The van der Waals surface area contributed by atoms with Crippen molar-refractivity contribution in [2.75, 3.05) is 6.54 Å². The Hall–Kier alpha value is -3.06. The molecule has 0 aliphatic rings. The van der Waals surface area contributed by atoms with Gasteiger partial charge < -0.3 is 5.32 Å². The number of alkyl halides is 2. The molecule has 1 amide bonds. The molecule has 29 heavy (non-hydrogen) atoms. The first-order chi connectivity index (χ1) is 13.9. The second-order valence-corrected chi connectivity index (χ2v) is 8.33. The monoisotopic (exact) mass is 415 g/mol. The third-order valence-corrected chi connectivity index (χ3v) is 5.95. The molecule has 0 bridgehead atoms. The zero-order valence-electron chi connectivity index (χ0n) is 15.3. The maximum absolute atomic E-state index is 12.6. The molecule has 1 N–H and O–H groups in total. The maximum Gasteiger partial charge on any atom is 0.341 e. The van der Waals surface area contributed by atoms with E-state index in [-0.39, 0.29) is 11.5 Å². The SMILES string of the molecule is O=C(NCC(c1ccccc1)c1ccccc1)c1ccc(S(=O)(=O)C(F)F)cc1. The lowest BCUT2D eigenvalue weighted by Crippen LogP contribution is -2.29.